The lowest BCUT2D eigenvalue weighted by atomic mass is 9.84. The highest BCUT2D eigenvalue weighted by Gasteiger charge is 2.29. The van der Waals surface area contributed by atoms with Gasteiger partial charge in [0.15, 0.2) is 0 Å². The van der Waals surface area contributed by atoms with Crippen LogP contribution < -0.4 is 0 Å². The van der Waals surface area contributed by atoms with Gasteiger partial charge in [-0.3, -0.25) is 0 Å². The smallest absolute Gasteiger partial charge is 0.0567 e. The largest absolute Gasteiger partial charge is 0.147 e. The first-order chi connectivity index (χ1) is 7.38. The van der Waals surface area contributed by atoms with Crippen LogP contribution in [0.4, 0.5) is 0 Å². The molecular formula is C13H23S2. The van der Waals surface area contributed by atoms with Gasteiger partial charge in [-0.05, 0) is 30.3 Å². The highest BCUT2D eigenvalue weighted by Crippen LogP contribution is 2.44. The zero-order valence-electron chi connectivity index (χ0n) is 9.84. The van der Waals surface area contributed by atoms with Crippen molar-refractivity contribution in [2.45, 2.75) is 56.5 Å². The minimum absolute atomic E-state index is 0.854. The Kier molecular flexibility index (Phi) is 5.22. The molecular weight excluding hydrogens is 220 g/mol. The zero-order chi connectivity index (χ0) is 10.5. The number of thioether (sulfide) groups is 2. The lowest BCUT2D eigenvalue weighted by molar-refractivity contribution is 0.435. The molecule has 1 aliphatic heterocycles. The first kappa shape index (κ1) is 12.2. The Labute approximate surface area is 103 Å². The molecule has 1 aliphatic carbocycles. The number of hydrogen-bond donors (Lipinski definition) is 0. The van der Waals surface area contributed by atoms with E-state index in [0.717, 1.165) is 10.5 Å². The second kappa shape index (κ2) is 6.44. The monoisotopic (exact) mass is 243 g/mol. The van der Waals surface area contributed by atoms with Crippen molar-refractivity contribution in [2.24, 2.45) is 5.92 Å². The summed E-state index contributed by atoms with van der Waals surface area (Å²) in [6.07, 6.45) is 10.2. The van der Waals surface area contributed by atoms with E-state index in [0.29, 0.717) is 0 Å². The summed E-state index contributed by atoms with van der Waals surface area (Å²) < 4.78 is 0.854. The summed E-state index contributed by atoms with van der Waals surface area (Å²) in [5.41, 5.74) is 0. The second-order valence-corrected chi connectivity index (χ2v) is 7.58. The Morgan fingerprint density at radius 2 is 1.67 bits per heavy atom. The van der Waals surface area contributed by atoms with Crippen molar-refractivity contribution in [3.63, 3.8) is 0 Å². The lowest BCUT2D eigenvalue weighted by Gasteiger charge is -2.34. The first-order valence-corrected chi connectivity index (χ1v) is 8.56. The Bertz CT molecular complexity index is 175. The summed E-state index contributed by atoms with van der Waals surface area (Å²) >= 11 is 4.43. The normalized spacial score (nSPS) is 32.2. The van der Waals surface area contributed by atoms with Crippen LogP contribution >= 0.6 is 23.5 Å². The molecule has 0 N–H and O–H groups in total. The van der Waals surface area contributed by atoms with Gasteiger partial charge in [-0.15, -0.1) is 23.5 Å². The molecule has 0 aromatic carbocycles. The summed E-state index contributed by atoms with van der Waals surface area (Å²) in [6.45, 7) is 2.47. The summed E-state index contributed by atoms with van der Waals surface area (Å²) in [6, 6.07) is 0. The molecule has 15 heavy (non-hydrogen) atoms. The molecule has 2 fully saturated rings. The summed E-state index contributed by atoms with van der Waals surface area (Å²) in [4.78, 5) is 0. The minimum atomic E-state index is 0.854. The van der Waals surface area contributed by atoms with Crippen LogP contribution in [0, 0.1) is 11.8 Å². The summed E-state index contributed by atoms with van der Waals surface area (Å²) in [7, 11) is 0. The quantitative estimate of drug-likeness (QED) is 0.652. The van der Waals surface area contributed by atoms with Gasteiger partial charge in [0, 0.05) is 5.92 Å². The van der Waals surface area contributed by atoms with Crippen molar-refractivity contribution in [3.8, 4) is 0 Å². The third kappa shape index (κ3) is 3.59. The van der Waals surface area contributed by atoms with Crippen LogP contribution in [0.1, 0.15) is 51.9 Å². The van der Waals surface area contributed by atoms with Gasteiger partial charge in [0.05, 0.1) is 4.58 Å². The van der Waals surface area contributed by atoms with Crippen LogP contribution in [-0.4, -0.2) is 16.1 Å². The Balaban J connectivity index is 1.90. The maximum Gasteiger partial charge on any atom is 0.0567 e. The third-order valence-corrected chi connectivity index (χ3v) is 6.69. The highest BCUT2D eigenvalue weighted by atomic mass is 32.2. The molecule has 0 aromatic rings. The van der Waals surface area contributed by atoms with E-state index in [1.54, 1.807) is 0 Å². The van der Waals surface area contributed by atoms with Gasteiger partial charge < -0.3 is 0 Å². The molecule has 87 valence electrons. The maximum absolute atomic E-state index is 2.47. The third-order valence-electron chi connectivity index (χ3n) is 3.62. The van der Waals surface area contributed by atoms with E-state index >= 15 is 0 Å². The molecule has 1 heterocycles. The SMILES string of the molecule is CC1CCCCCC[C]1C1SCCCS1. The van der Waals surface area contributed by atoms with Gasteiger partial charge in [-0.25, -0.2) is 0 Å². The van der Waals surface area contributed by atoms with E-state index < -0.39 is 0 Å². The van der Waals surface area contributed by atoms with Crippen LogP contribution in [0.15, 0.2) is 0 Å². The summed E-state index contributed by atoms with van der Waals surface area (Å²) in [5.74, 6) is 5.58. The molecule has 0 bridgehead atoms. The van der Waals surface area contributed by atoms with Gasteiger partial charge in [0.1, 0.15) is 0 Å². The maximum atomic E-state index is 2.47. The van der Waals surface area contributed by atoms with Crippen LogP contribution in [0.25, 0.3) is 0 Å². The fourth-order valence-electron chi connectivity index (χ4n) is 2.62. The van der Waals surface area contributed by atoms with Crippen molar-refractivity contribution in [3.05, 3.63) is 5.92 Å². The van der Waals surface area contributed by atoms with Gasteiger partial charge in [-0.2, -0.15) is 0 Å². The van der Waals surface area contributed by atoms with Crippen LogP contribution in [-0.2, 0) is 0 Å². The van der Waals surface area contributed by atoms with Crippen molar-refractivity contribution < 1.29 is 0 Å². The Morgan fingerprint density at radius 1 is 0.933 bits per heavy atom. The first-order valence-electron chi connectivity index (χ1n) is 6.47. The van der Waals surface area contributed by atoms with E-state index in [9.17, 15) is 0 Å². The number of hydrogen-bond acceptors (Lipinski definition) is 2. The fraction of sp³-hybridized carbons (Fsp3) is 0.923. The van der Waals surface area contributed by atoms with Gasteiger partial charge in [-0.1, -0.05) is 39.0 Å². The topological polar surface area (TPSA) is 0 Å². The fourth-order valence-corrected chi connectivity index (χ4v) is 5.94. The average molecular weight is 243 g/mol. The molecule has 0 spiro atoms. The molecule has 0 aromatic heterocycles. The van der Waals surface area contributed by atoms with E-state index in [1.165, 1.54) is 56.5 Å². The average Bonchev–Trinajstić information content (AvgIpc) is 2.25. The predicted octanol–water partition coefficient (Wildman–Crippen LogP) is 4.75. The van der Waals surface area contributed by atoms with Crippen molar-refractivity contribution in [2.75, 3.05) is 11.5 Å². The van der Waals surface area contributed by atoms with E-state index in [4.69, 9.17) is 0 Å². The number of rotatable bonds is 1. The standard InChI is InChI=1S/C13H23S2/c1-11-7-4-2-3-5-8-12(11)13-14-9-6-10-15-13/h11,13H,2-10H2,1H3. The molecule has 1 atom stereocenters. The zero-order valence-corrected chi connectivity index (χ0v) is 11.5. The molecule has 2 rings (SSSR count). The second-order valence-electron chi connectivity index (χ2n) is 4.86. The molecule has 2 heteroatoms. The summed E-state index contributed by atoms with van der Waals surface area (Å²) in [5, 5.41) is 0. The molecule has 1 saturated carbocycles. The molecule has 1 radical (unpaired) electrons. The molecule has 1 unspecified atom stereocenters. The van der Waals surface area contributed by atoms with Gasteiger partial charge in [0.25, 0.3) is 0 Å². The molecule has 0 nitrogen and oxygen atoms in total. The Morgan fingerprint density at radius 3 is 2.47 bits per heavy atom. The van der Waals surface area contributed by atoms with Crippen molar-refractivity contribution >= 4 is 23.5 Å². The highest BCUT2D eigenvalue weighted by molar-refractivity contribution is 8.17. The van der Waals surface area contributed by atoms with E-state index in [1.807, 2.05) is 5.92 Å². The minimum Gasteiger partial charge on any atom is -0.147 e. The Hall–Kier alpha value is 0.700. The van der Waals surface area contributed by atoms with E-state index in [2.05, 4.69) is 30.4 Å². The van der Waals surface area contributed by atoms with Gasteiger partial charge >= 0.3 is 0 Å². The van der Waals surface area contributed by atoms with E-state index in [-0.39, 0.29) is 0 Å². The van der Waals surface area contributed by atoms with Crippen LogP contribution in [0.2, 0.25) is 0 Å². The molecule has 2 aliphatic rings. The predicted molar refractivity (Wildman–Crippen MR) is 73.4 cm³/mol. The van der Waals surface area contributed by atoms with Crippen molar-refractivity contribution in [1.82, 2.24) is 0 Å². The molecule has 0 amide bonds. The van der Waals surface area contributed by atoms with Crippen molar-refractivity contribution in [1.29, 1.82) is 0 Å². The molecule has 1 saturated heterocycles. The van der Waals surface area contributed by atoms with Crippen LogP contribution in [0.5, 0.6) is 0 Å². The van der Waals surface area contributed by atoms with Crippen LogP contribution in [0.3, 0.4) is 0 Å². The lowest BCUT2D eigenvalue weighted by Crippen LogP contribution is -2.23. The van der Waals surface area contributed by atoms with Gasteiger partial charge in [0.2, 0.25) is 0 Å².